The fourth-order valence-corrected chi connectivity index (χ4v) is 5.48. The van der Waals surface area contributed by atoms with E-state index in [0.29, 0.717) is 31.9 Å². The lowest BCUT2D eigenvalue weighted by molar-refractivity contribution is -0.113. The Morgan fingerprint density at radius 1 is 1.14 bits per heavy atom. The van der Waals surface area contributed by atoms with Crippen LogP contribution in [0.4, 0.5) is 5.00 Å². The maximum atomic E-state index is 12.9. The molecule has 2 aromatic heterocycles. The van der Waals surface area contributed by atoms with E-state index in [9.17, 15) is 13.2 Å². The number of allylic oxidation sites excluding steroid dienone is 1. The fourth-order valence-electron chi connectivity index (χ4n) is 2.80. The number of sulfonamides is 1. The summed E-state index contributed by atoms with van der Waals surface area (Å²) in [7, 11) is -3.75. The summed E-state index contributed by atoms with van der Waals surface area (Å²) >= 11 is 8.08. The van der Waals surface area contributed by atoms with Crippen LogP contribution in [-0.4, -0.2) is 18.6 Å². The maximum Gasteiger partial charge on any atom is 0.271 e. The van der Waals surface area contributed by atoms with Crippen molar-refractivity contribution >= 4 is 66.1 Å². The molecule has 0 aliphatic carbocycles. The number of hydrogen-bond donors (Lipinski definition) is 1. The molecular weight excluding hydrogens is 448 g/mol. The highest BCUT2D eigenvalue weighted by Crippen LogP contribution is 2.41. The van der Waals surface area contributed by atoms with Crippen molar-refractivity contribution < 1.29 is 17.6 Å². The van der Waals surface area contributed by atoms with E-state index >= 15 is 0 Å². The number of carbonyl (C=O) groups is 1. The number of amides is 1. The number of nitrogens with two attached hydrogens (primary N) is 1. The Morgan fingerprint density at radius 2 is 1.86 bits per heavy atom. The number of hydrogen-bond acceptors (Lipinski definition) is 7. The van der Waals surface area contributed by atoms with Crippen LogP contribution in [0.3, 0.4) is 0 Å². The topological polar surface area (TPSA) is 93.6 Å². The molecule has 1 aliphatic rings. The van der Waals surface area contributed by atoms with Gasteiger partial charge < -0.3 is 4.42 Å². The lowest BCUT2D eigenvalue weighted by Gasteiger charge is -2.11. The van der Waals surface area contributed by atoms with Crippen molar-refractivity contribution in [2.45, 2.75) is 11.8 Å². The number of primary sulfonamides is 1. The van der Waals surface area contributed by atoms with Gasteiger partial charge >= 0.3 is 0 Å². The molecule has 29 heavy (non-hydrogen) atoms. The van der Waals surface area contributed by atoms with Crippen LogP contribution in [0.1, 0.15) is 12.7 Å². The number of nitrogens with zero attached hydrogens (tertiary/aromatic N) is 1. The van der Waals surface area contributed by atoms with Crippen LogP contribution in [0.2, 0.25) is 0 Å². The third-order valence-corrected chi connectivity index (χ3v) is 7.54. The molecule has 3 heterocycles. The van der Waals surface area contributed by atoms with Crippen molar-refractivity contribution in [2.75, 3.05) is 4.90 Å². The molecule has 2 N–H and O–H groups in total. The monoisotopic (exact) mass is 462 g/mol. The predicted molar refractivity (Wildman–Crippen MR) is 120 cm³/mol. The highest BCUT2D eigenvalue weighted by atomic mass is 32.2. The van der Waals surface area contributed by atoms with Gasteiger partial charge in [0, 0.05) is 11.1 Å². The Balaban J connectivity index is 1.64. The molecule has 1 aliphatic heterocycles. The van der Waals surface area contributed by atoms with Crippen molar-refractivity contribution in [3.8, 4) is 11.3 Å². The number of benzene rings is 1. The molecular formula is C19H14N2O4S4. The summed E-state index contributed by atoms with van der Waals surface area (Å²) in [4.78, 5) is 15.0. The minimum atomic E-state index is -3.75. The minimum absolute atomic E-state index is 0.0291. The van der Waals surface area contributed by atoms with Crippen LogP contribution < -0.4 is 10.0 Å². The number of anilines is 1. The Kier molecular flexibility index (Phi) is 5.21. The van der Waals surface area contributed by atoms with Crippen LogP contribution >= 0.6 is 35.3 Å². The van der Waals surface area contributed by atoms with E-state index in [1.54, 1.807) is 24.3 Å². The van der Waals surface area contributed by atoms with Gasteiger partial charge in [0.1, 0.15) is 16.5 Å². The van der Waals surface area contributed by atoms with Gasteiger partial charge in [-0.25, -0.2) is 13.6 Å². The van der Waals surface area contributed by atoms with E-state index in [1.807, 2.05) is 24.4 Å². The van der Waals surface area contributed by atoms with E-state index in [0.717, 1.165) is 5.00 Å². The molecule has 1 aromatic carbocycles. The molecule has 1 saturated heterocycles. The maximum absolute atomic E-state index is 12.9. The third kappa shape index (κ3) is 3.81. The Labute approximate surface area is 181 Å². The van der Waals surface area contributed by atoms with Gasteiger partial charge in [-0.05, 0) is 60.8 Å². The zero-order valence-electron chi connectivity index (χ0n) is 15.0. The molecule has 0 saturated carbocycles. The highest BCUT2D eigenvalue weighted by Gasteiger charge is 2.36. The molecule has 3 aromatic rings. The zero-order valence-corrected chi connectivity index (χ0v) is 18.3. The number of furan rings is 1. The molecule has 6 nitrogen and oxygen atoms in total. The summed E-state index contributed by atoms with van der Waals surface area (Å²) in [6, 6.07) is 13.3. The van der Waals surface area contributed by atoms with Gasteiger partial charge in [-0.15, -0.1) is 11.3 Å². The Hall–Kier alpha value is -2.24. The van der Waals surface area contributed by atoms with Crippen molar-refractivity contribution in [1.29, 1.82) is 0 Å². The first-order valence-corrected chi connectivity index (χ1v) is 11.9. The van der Waals surface area contributed by atoms with Gasteiger partial charge in [0.05, 0.1) is 9.80 Å². The van der Waals surface area contributed by atoms with Crippen LogP contribution in [0.15, 0.2) is 68.1 Å². The molecule has 1 fully saturated rings. The Bertz CT molecular complexity index is 1240. The predicted octanol–water partition coefficient (Wildman–Crippen LogP) is 4.45. The molecule has 1 amide bonds. The summed E-state index contributed by atoms with van der Waals surface area (Å²) < 4.78 is 29.2. The molecule has 0 spiro atoms. The third-order valence-electron chi connectivity index (χ3n) is 4.28. The van der Waals surface area contributed by atoms with Gasteiger partial charge in [-0.3, -0.25) is 9.69 Å². The second kappa shape index (κ2) is 7.54. The van der Waals surface area contributed by atoms with Gasteiger partial charge in [-0.1, -0.05) is 24.0 Å². The first-order valence-electron chi connectivity index (χ1n) is 8.30. The summed E-state index contributed by atoms with van der Waals surface area (Å²) in [5, 5.41) is 7.80. The molecule has 148 valence electrons. The number of thiophene rings is 1. The van der Waals surface area contributed by atoms with Crippen molar-refractivity contribution in [2.24, 2.45) is 5.14 Å². The second-order valence-corrected chi connectivity index (χ2v) is 10.3. The summed E-state index contributed by atoms with van der Waals surface area (Å²) in [5.41, 5.74) is 1.39. The highest BCUT2D eigenvalue weighted by molar-refractivity contribution is 8.27. The molecule has 0 bridgehead atoms. The minimum Gasteiger partial charge on any atom is -0.456 e. The standard InChI is InChI=1S/C19H14N2O4S4/c1-11(17-18(22)21(19(26)28-17)16-3-2-10-27-16)14-8-9-15(25-14)12-4-6-13(7-5-12)29(20,23)24/h2-10H,1H3,(H2,20,23,24)/b17-11+. The molecule has 0 radical (unpaired) electrons. The van der Waals surface area contributed by atoms with E-state index in [1.165, 1.54) is 40.1 Å². The first kappa shape index (κ1) is 20.0. The van der Waals surface area contributed by atoms with Crippen molar-refractivity contribution in [3.05, 3.63) is 64.6 Å². The lowest BCUT2D eigenvalue weighted by atomic mass is 10.2. The van der Waals surface area contributed by atoms with Gasteiger partial charge in [0.25, 0.3) is 5.91 Å². The molecule has 0 atom stereocenters. The normalized spacial score (nSPS) is 16.6. The van der Waals surface area contributed by atoms with Crippen molar-refractivity contribution in [3.63, 3.8) is 0 Å². The van der Waals surface area contributed by atoms with Gasteiger partial charge in [0.2, 0.25) is 10.0 Å². The van der Waals surface area contributed by atoms with E-state index in [-0.39, 0.29) is 10.8 Å². The average molecular weight is 463 g/mol. The first-order chi connectivity index (χ1) is 13.8. The molecule has 0 unspecified atom stereocenters. The lowest BCUT2D eigenvalue weighted by Crippen LogP contribution is -2.26. The number of rotatable bonds is 4. The summed E-state index contributed by atoms with van der Waals surface area (Å²) in [6.45, 7) is 1.81. The van der Waals surface area contributed by atoms with E-state index < -0.39 is 10.0 Å². The second-order valence-electron chi connectivity index (χ2n) is 6.15. The van der Waals surface area contributed by atoms with Gasteiger partial charge in [0.15, 0.2) is 4.32 Å². The number of carbonyl (C=O) groups excluding carboxylic acids is 1. The zero-order chi connectivity index (χ0) is 20.8. The largest absolute Gasteiger partial charge is 0.456 e. The number of thiocarbonyl (C=S) groups is 1. The number of thioether (sulfide) groups is 1. The summed E-state index contributed by atoms with van der Waals surface area (Å²) in [6.07, 6.45) is 0. The molecule has 4 rings (SSSR count). The SMILES string of the molecule is C/C(=C1\SC(=S)N(c2cccs2)C1=O)c1ccc(-c2ccc(S(N)(=O)=O)cc2)o1. The Morgan fingerprint density at radius 3 is 2.48 bits per heavy atom. The molecule has 10 heteroatoms. The summed E-state index contributed by atoms with van der Waals surface area (Å²) in [5.74, 6) is 0.923. The van der Waals surface area contributed by atoms with Gasteiger partial charge in [-0.2, -0.15) is 0 Å². The van der Waals surface area contributed by atoms with E-state index in [4.69, 9.17) is 21.8 Å². The van der Waals surface area contributed by atoms with Crippen molar-refractivity contribution in [1.82, 2.24) is 0 Å². The fraction of sp³-hybridized carbons (Fsp3) is 0.0526. The van der Waals surface area contributed by atoms with E-state index in [2.05, 4.69) is 0 Å². The smallest absolute Gasteiger partial charge is 0.271 e. The average Bonchev–Trinajstić information content (AvgIpc) is 3.41. The van der Waals surface area contributed by atoms with Crippen LogP contribution in [-0.2, 0) is 14.8 Å². The van der Waals surface area contributed by atoms with Crippen LogP contribution in [0.25, 0.3) is 16.9 Å². The van der Waals surface area contributed by atoms with Crippen LogP contribution in [0, 0.1) is 0 Å². The van der Waals surface area contributed by atoms with Crippen LogP contribution in [0.5, 0.6) is 0 Å². The quantitative estimate of drug-likeness (QED) is 0.455.